The third-order valence-electron chi connectivity index (χ3n) is 2.06. The van der Waals surface area contributed by atoms with E-state index in [1.165, 1.54) is 4.90 Å². The maximum absolute atomic E-state index is 11.3. The van der Waals surface area contributed by atoms with Crippen molar-refractivity contribution in [3.63, 3.8) is 0 Å². The molecule has 13 heavy (non-hydrogen) atoms. The lowest BCUT2D eigenvalue weighted by atomic mass is 10.1. The van der Waals surface area contributed by atoms with Gasteiger partial charge < -0.3 is 4.90 Å². The van der Waals surface area contributed by atoms with E-state index in [1.54, 1.807) is 25.2 Å². The fraction of sp³-hybridized carbons (Fsp3) is 0.111. The van der Waals surface area contributed by atoms with Gasteiger partial charge in [0.25, 0.3) is 11.7 Å². The van der Waals surface area contributed by atoms with E-state index in [0.717, 1.165) is 4.47 Å². The number of rotatable bonds is 0. The Balaban J connectivity index is 2.67. The molecular weight excluding hydrogens is 234 g/mol. The Hall–Kier alpha value is -1.16. The van der Waals surface area contributed by atoms with E-state index in [1.807, 2.05) is 0 Å². The van der Waals surface area contributed by atoms with Crippen LogP contribution in [0.25, 0.3) is 0 Å². The molecule has 2 rings (SSSR count). The van der Waals surface area contributed by atoms with E-state index in [2.05, 4.69) is 15.9 Å². The highest BCUT2D eigenvalue weighted by Gasteiger charge is 2.32. The second-order valence-electron chi connectivity index (χ2n) is 2.85. The monoisotopic (exact) mass is 239 g/mol. The van der Waals surface area contributed by atoms with Gasteiger partial charge in [-0.2, -0.15) is 0 Å². The smallest absolute Gasteiger partial charge is 0.299 e. The summed E-state index contributed by atoms with van der Waals surface area (Å²) in [5.74, 6) is -0.896. The lowest BCUT2D eigenvalue weighted by Crippen LogP contribution is -2.24. The predicted octanol–water partition coefficient (Wildman–Crippen LogP) is 1.61. The first kappa shape index (κ1) is 8.44. The molecule has 4 heteroatoms. The summed E-state index contributed by atoms with van der Waals surface area (Å²) in [6, 6.07) is 5.22. The zero-order chi connectivity index (χ0) is 9.59. The summed E-state index contributed by atoms with van der Waals surface area (Å²) >= 11 is 3.25. The number of halogens is 1. The van der Waals surface area contributed by atoms with Gasteiger partial charge in [-0.25, -0.2) is 0 Å². The van der Waals surface area contributed by atoms with Crippen molar-refractivity contribution < 1.29 is 9.59 Å². The van der Waals surface area contributed by atoms with Crippen LogP contribution in [0, 0.1) is 0 Å². The summed E-state index contributed by atoms with van der Waals surface area (Å²) < 4.78 is 0.808. The second-order valence-corrected chi connectivity index (χ2v) is 3.77. The average Bonchev–Trinajstić information content (AvgIpc) is 2.32. The molecule has 0 atom stereocenters. The molecule has 0 radical (unpaired) electrons. The molecule has 1 aliphatic heterocycles. The average molecular weight is 240 g/mol. The van der Waals surface area contributed by atoms with Gasteiger partial charge in [-0.3, -0.25) is 9.59 Å². The molecule has 0 unspecified atom stereocenters. The van der Waals surface area contributed by atoms with Crippen molar-refractivity contribution in [2.45, 2.75) is 0 Å². The minimum absolute atomic E-state index is 0.432. The second kappa shape index (κ2) is 2.67. The van der Waals surface area contributed by atoms with Crippen LogP contribution in [-0.4, -0.2) is 18.7 Å². The number of Topliss-reactive ketones (excluding diaryl/α,β-unsaturated/α-hetero) is 1. The van der Waals surface area contributed by atoms with Crippen molar-refractivity contribution in [1.82, 2.24) is 0 Å². The molecule has 0 saturated heterocycles. The van der Waals surface area contributed by atoms with Crippen molar-refractivity contribution >= 4 is 33.3 Å². The Bertz CT molecular complexity index is 414. The third kappa shape index (κ3) is 1.09. The van der Waals surface area contributed by atoms with Gasteiger partial charge >= 0.3 is 0 Å². The summed E-state index contributed by atoms with van der Waals surface area (Å²) in [5, 5.41) is 0. The highest BCUT2D eigenvalue weighted by molar-refractivity contribution is 9.10. The first-order chi connectivity index (χ1) is 6.11. The molecule has 1 aromatic carbocycles. The van der Waals surface area contributed by atoms with Crippen LogP contribution in [0.1, 0.15) is 10.4 Å². The summed E-state index contributed by atoms with van der Waals surface area (Å²) in [6.45, 7) is 0. The summed E-state index contributed by atoms with van der Waals surface area (Å²) in [4.78, 5) is 23.9. The highest BCUT2D eigenvalue weighted by atomic mass is 79.9. The van der Waals surface area contributed by atoms with E-state index in [-0.39, 0.29) is 0 Å². The quantitative estimate of drug-likeness (QED) is 0.646. The number of carbonyl (C=O) groups excluding carboxylic acids is 2. The van der Waals surface area contributed by atoms with Crippen LogP contribution in [0.3, 0.4) is 0 Å². The van der Waals surface area contributed by atoms with Crippen LogP contribution in [0.2, 0.25) is 0 Å². The Kier molecular flexibility index (Phi) is 1.73. The van der Waals surface area contributed by atoms with Crippen molar-refractivity contribution in [3.8, 4) is 0 Å². The maximum atomic E-state index is 11.3. The first-order valence-electron chi connectivity index (χ1n) is 3.73. The van der Waals surface area contributed by atoms with Gasteiger partial charge in [-0.05, 0) is 18.2 Å². The predicted molar refractivity (Wildman–Crippen MR) is 51.9 cm³/mol. The summed E-state index contributed by atoms with van der Waals surface area (Å²) in [6.07, 6.45) is 0. The summed E-state index contributed by atoms with van der Waals surface area (Å²) in [7, 11) is 1.60. The minimum atomic E-state index is -0.465. The van der Waals surface area contributed by atoms with Gasteiger partial charge in [-0.15, -0.1) is 0 Å². The van der Waals surface area contributed by atoms with Crippen LogP contribution >= 0.6 is 15.9 Å². The van der Waals surface area contributed by atoms with E-state index < -0.39 is 11.7 Å². The number of amides is 1. The Labute approximate surface area is 83.5 Å². The Morgan fingerprint density at radius 3 is 2.69 bits per heavy atom. The Morgan fingerprint density at radius 2 is 2.00 bits per heavy atom. The standard InChI is InChI=1S/C9H6BrNO2/c1-11-7-3-2-5(10)4-6(7)8(12)9(11)13/h2-4H,1H3. The molecule has 1 amide bonds. The molecule has 0 bridgehead atoms. The van der Waals surface area contributed by atoms with Crippen LogP contribution in [0.4, 0.5) is 5.69 Å². The molecule has 1 aromatic rings. The van der Waals surface area contributed by atoms with Gasteiger partial charge in [0.05, 0.1) is 11.3 Å². The van der Waals surface area contributed by atoms with E-state index in [9.17, 15) is 9.59 Å². The van der Waals surface area contributed by atoms with Crippen molar-refractivity contribution in [2.24, 2.45) is 0 Å². The molecule has 0 aromatic heterocycles. The molecular formula is C9H6BrNO2. The van der Waals surface area contributed by atoms with Crippen LogP contribution < -0.4 is 4.90 Å². The molecule has 3 nitrogen and oxygen atoms in total. The van der Waals surface area contributed by atoms with Crippen LogP contribution in [-0.2, 0) is 4.79 Å². The molecule has 0 spiro atoms. The first-order valence-corrected chi connectivity index (χ1v) is 4.52. The number of anilines is 1. The maximum Gasteiger partial charge on any atom is 0.299 e. The Morgan fingerprint density at radius 1 is 1.31 bits per heavy atom. The van der Waals surface area contributed by atoms with Gasteiger partial charge in [0.15, 0.2) is 0 Å². The number of benzene rings is 1. The van der Waals surface area contributed by atoms with Crippen molar-refractivity contribution in [3.05, 3.63) is 28.2 Å². The number of hydrogen-bond acceptors (Lipinski definition) is 2. The molecule has 66 valence electrons. The largest absolute Gasteiger partial charge is 0.308 e. The summed E-state index contributed by atoms with van der Waals surface area (Å²) in [5.41, 5.74) is 1.15. The van der Waals surface area contributed by atoms with Gasteiger partial charge in [0.2, 0.25) is 0 Å². The normalized spacial score (nSPS) is 15.1. The number of fused-ring (bicyclic) bond motifs is 1. The molecule has 1 aliphatic rings. The van der Waals surface area contributed by atoms with Crippen molar-refractivity contribution in [2.75, 3.05) is 11.9 Å². The van der Waals surface area contributed by atoms with E-state index in [0.29, 0.717) is 11.3 Å². The minimum Gasteiger partial charge on any atom is -0.308 e. The van der Waals surface area contributed by atoms with Crippen LogP contribution in [0.5, 0.6) is 0 Å². The molecule has 1 heterocycles. The highest BCUT2D eigenvalue weighted by Crippen LogP contribution is 2.29. The third-order valence-corrected chi connectivity index (χ3v) is 2.56. The number of nitrogens with zero attached hydrogens (tertiary/aromatic N) is 1. The molecule has 0 aliphatic carbocycles. The zero-order valence-corrected chi connectivity index (χ0v) is 8.46. The fourth-order valence-corrected chi connectivity index (χ4v) is 1.72. The topological polar surface area (TPSA) is 37.4 Å². The van der Waals surface area contributed by atoms with Gasteiger partial charge in [-0.1, -0.05) is 15.9 Å². The van der Waals surface area contributed by atoms with Gasteiger partial charge in [0.1, 0.15) is 0 Å². The number of ketones is 1. The van der Waals surface area contributed by atoms with E-state index in [4.69, 9.17) is 0 Å². The van der Waals surface area contributed by atoms with Gasteiger partial charge in [0, 0.05) is 11.5 Å². The van der Waals surface area contributed by atoms with Crippen molar-refractivity contribution in [1.29, 1.82) is 0 Å². The molecule has 0 fully saturated rings. The lowest BCUT2D eigenvalue weighted by Gasteiger charge is -2.07. The fourth-order valence-electron chi connectivity index (χ4n) is 1.36. The lowest BCUT2D eigenvalue weighted by molar-refractivity contribution is -0.114. The van der Waals surface area contributed by atoms with Crippen LogP contribution in [0.15, 0.2) is 22.7 Å². The van der Waals surface area contributed by atoms with E-state index >= 15 is 0 Å². The number of likely N-dealkylation sites (N-methyl/N-ethyl adjacent to an activating group) is 1. The molecule has 0 saturated carbocycles. The number of carbonyl (C=O) groups is 2. The molecule has 0 N–H and O–H groups in total. The number of hydrogen-bond donors (Lipinski definition) is 0. The zero-order valence-electron chi connectivity index (χ0n) is 6.87. The SMILES string of the molecule is CN1C(=O)C(=O)c2cc(Br)ccc21.